The van der Waals surface area contributed by atoms with Crippen LogP contribution in [0.4, 0.5) is 0 Å². The number of rotatable bonds is 4. The van der Waals surface area contributed by atoms with Crippen LogP contribution in [0, 0.1) is 0 Å². The summed E-state index contributed by atoms with van der Waals surface area (Å²) < 4.78 is 5.45. The summed E-state index contributed by atoms with van der Waals surface area (Å²) in [5.41, 5.74) is 2.18. The van der Waals surface area contributed by atoms with Crippen molar-refractivity contribution in [1.82, 2.24) is 35.0 Å². The molecule has 0 spiro atoms. The van der Waals surface area contributed by atoms with Gasteiger partial charge in [0.05, 0.1) is 0 Å². The molecule has 9 nitrogen and oxygen atoms in total. The smallest absolute Gasteiger partial charge is 0.249 e. The third kappa shape index (κ3) is 3.00. The quantitative estimate of drug-likeness (QED) is 0.539. The van der Waals surface area contributed by atoms with E-state index in [1.165, 1.54) is 4.80 Å². The number of hydrogen-bond acceptors (Lipinski definition) is 7. The first kappa shape index (κ1) is 16.5. The molecule has 1 amide bonds. The molecule has 0 bridgehead atoms. The van der Waals surface area contributed by atoms with Gasteiger partial charge in [0.1, 0.15) is 29.3 Å². The normalized spacial score (nSPS) is 16.7. The van der Waals surface area contributed by atoms with Gasteiger partial charge in [0.25, 0.3) is 0 Å². The van der Waals surface area contributed by atoms with E-state index in [0.717, 1.165) is 23.9 Å². The van der Waals surface area contributed by atoms with E-state index in [2.05, 4.69) is 25.3 Å². The van der Waals surface area contributed by atoms with Gasteiger partial charge in [0.2, 0.25) is 17.6 Å². The van der Waals surface area contributed by atoms with Crippen molar-refractivity contribution < 1.29 is 9.32 Å². The van der Waals surface area contributed by atoms with Crippen LogP contribution in [-0.4, -0.2) is 47.5 Å². The van der Waals surface area contributed by atoms with Crippen molar-refractivity contribution >= 4 is 16.9 Å². The minimum atomic E-state index is -0.234. The molecule has 0 N–H and O–H groups in total. The number of hydrogen-bond donors (Lipinski definition) is 0. The second kappa shape index (κ2) is 6.84. The van der Waals surface area contributed by atoms with Gasteiger partial charge in [-0.05, 0) is 37.1 Å². The molecule has 1 fully saturated rings. The van der Waals surface area contributed by atoms with Crippen molar-refractivity contribution in [3.05, 3.63) is 54.6 Å². The summed E-state index contributed by atoms with van der Waals surface area (Å²) in [4.78, 5) is 24.8. The fourth-order valence-corrected chi connectivity index (χ4v) is 3.48. The van der Waals surface area contributed by atoms with Gasteiger partial charge in [-0.3, -0.25) is 9.78 Å². The molecule has 0 aliphatic carbocycles. The summed E-state index contributed by atoms with van der Waals surface area (Å²) >= 11 is 0. The SMILES string of the molecule is O=C(Cn1nc2ccccc2n1)N1CCC[C@H]1c1nc(-c2ccccn2)no1. The first-order valence-corrected chi connectivity index (χ1v) is 9.12. The highest BCUT2D eigenvalue weighted by atomic mass is 16.5. The number of fused-ring (bicyclic) bond motifs is 1. The maximum atomic E-state index is 12.9. The van der Waals surface area contributed by atoms with Crippen molar-refractivity contribution in [2.45, 2.75) is 25.4 Å². The number of carbonyl (C=O) groups excluding carboxylic acids is 1. The highest BCUT2D eigenvalue weighted by molar-refractivity contribution is 5.77. The Morgan fingerprint density at radius 1 is 1.11 bits per heavy atom. The summed E-state index contributed by atoms with van der Waals surface area (Å²) in [6, 6.07) is 12.8. The lowest BCUT2D eigenvalue weighted by Crippen LogP contribution is -2.34. The van der Waals surface area contributed by atoms with E-state index in [0.29, 0.717) is 24.0 Å². The van der Waals surface area contributed by atoms with Gasteiger partial charge in [-0.25, -0.2) is 0 Å². The average Bonchev–Trinajstić information content (AvgIpc) is 3.46. The van der Waals surface area contributed by atoms with Crippen molar-refractivity contribution in [2.24, 2.45) is 0 Å². The number of aromatic nitrogens is 6. The van der Waals surface area contributed by atoms with Crippen LogP contribution in [-0.2, 0) is 11.3 Å². The van der Waals surface area contributed by atoms with Crippen molar-refractivity contribution in [3.8, 4) is 11.5 Å². The van der Waals surface area contributed by atoms with Crippen LogP contribution < -0.4 is 0 Å². The van der Waals surface area contributed by atoms with E-state index >= 15 is 0 Å². The molecule has 5 rings (SSSR count). The third-order valence-corrected chi connectivity index (χ3v) is 4.80. The van der Waals surface area contributed by atoms with Crippen LogP contribution >= 0.6 is 0 Å². The minimum absolute atomic E-state index is 0.0691. The molecule has 4 aromatic rings. The molecule has 1 aliphatic rings. The lowest BCUT2D eigenvalue weighted by molar-refractivity contribution is -0.133. The molecule has 0 saturated carbocycles. The van der Waals surface area contributed by atoms with Crippen LogP contribution in [0.15, 0.2) is 53.2 Å². The second-order valence-corrected chi connectivity index (χ2v) is 6.64. The minimum Gasteiger partial charge on any atom is -0.337 e. The Hall–Kier alpha value is -3.62. The molecule has 4 heterocycles. The molecule has 28 heavy (non-hydrogen) atoms. The van der Waals surface area contributed by atoms with E-state index < -0.39 is 0 Å². The first-order chi connectivity index (χ1) is 13.8. The van der Waals surface area contributed by atoms with E-state index in [1.54, 1.807) is 11.1 Å². The van der Waals surface area contributed by atoms with Crippen LogP contribution in [0.3, 0.4) is 0 Å². The topological polar surface area (TPSA) is 103 Å². The number of pyridine rings is 1. The molecule has 140 valence electrons. The van der Waals surface area contributed by atoms with Gasteiger partial charge in [-0.1, -0.05) is 23.4 Å². The molecular formula is C19H17N7O2. The average molecular weight is 375 g/mol. The second-order valence-electron chi connectivity index (χ2n) is 6.64. The fraction of sp³-hybridized carbons (Fsp3) is 0.263. The maximum absolute atomic E-state index is 12.9. The first-order valence-electron chi connectivity index (χ1n) is 9.12. The molecule has 0 radical (unpaired) electrons. The van der Waals surface area contributed by atoms with Crippen LogP contribution in [0.1, 0.15) is 24.8 Å². The summed E-state index contributed by atoms with van der Waals surface area (Å²) in [7, 11) is 0. The zero-order chi connectivity index (χ0) is 18.9. The van der Waals surface area contributed by atoms with E-state index in [4.69, 9.17) is 4.52 Å². The van der Waals surface area contributed by atoms with Crippen molar-refractivity contribution in [2.75, 3.05) is 6.54 Å². The van der Waals surface area contributed by atoms with E-state index in [9.17, 15) is 4.79 Å². The van der Waals surface area contributed by atoms with Gasteiger partial charge in [-0.15, -0.1) is 0 Å². The molecule has 0 unspecified atom stereocenters. The molecular weight excluding hydrogens is 358 g/mol. The van der Waals surface area contributed by atoms with Gasteiger partial charge in [0.15, 0.2) is 0 Å². The lowest BCUT2D eigenvalue weighted by atomic mass is 10.2. The predicted molar refractivity (Wildman–Crippen MR) is 98.7 cm³/mol. The van der Waals surface area contributed by atoms with Crippen molar-refractivity contribution in [3.63, 3.8) is 0 Å². The fourth-order valence-electron chi connectivity index (χ4n) is 3.48. The summed E-state index contributed by atoms with van der Waals surface area (Å²) in [5, 5.41) is 12.7. The van der Waals surface area contributed by atoms with E-state index in [1.807, 2.05) is 42.5 Å². The Morgan fingerprint density at radius 2 is 1.89 bits per heavy atom. The van der Waals surface area contributed by atoms with Crippen molar-refractivity contribution in [1.29, 1.82) is 0 Å². The van der Waals surface area contributed by atoms with Crippen LogP contribution in [0.5, 0.6) is 0 Å². The van der Waals surface area contributed by atoms with Gasteiger partial charge < -0.3 is 9.42 Å². The third-order valence-electron chi connectivity index (χ3n) is 4.80. The zero-order valence-corrected chi connectivity index (χ0v) is 15.0. The molecule has 1 aliphatic heterocycles. The van der Waals surface area contributed by atoms with Crippen LogP contribution in [0.25, 0.3) is 22.6 Å². The lowest BCUT2D eigenvalue weighted by Gasteiger charge is -2.21. The molecule has 1 atom stereocenters. The number of amides is 1. The largest absolute Gasteiger partial charge is 0.337 e. The standard InChI is InChI=1S/C19H17N7O2/c27-17(12-26-22-13-6-1-2-7-14(13)23-26)25-11-5-9-16(25)19-21-18(24-28-19)15-8-3-4-10-20-15/h1-4,6-8,10,16H,5,9,11-12H2/t16-/m0/s1. The van der Waals surface area contributed by atoms with Gasteiger partial charge in [-0.2, -0.15) is 20.0 Å². The van der Waals surface area contributed by atoms with Gasteiger partial charge >= 0.3 is 0 Å². The Morgan fingerprint density at radius 3 is 2.64 bits per heavy atom. The number of nitrogens with zero attached hydrogens (tertiary/aromatic N) is 7. The zero-order valence-electron chi connectivity index (χ0n) is 15.0. The Bertz CT molecular complexity index is 1090. The number of likely N-dealkylation sites (tertiary alicyclic amines) is 1. The Labute approximate surface area is 160 Å². The summed E-state index contributed by atoms with van der Waals surface area (Å²) in [6.45, 7) is 0.720. The van der Waals surface area contributed by atoms with Gasteiger partial charge in [0, 0.05) is 12.7 Å². The van der Waals surface area contributed by atoms with Crippen LogP contribution in [0.2, 0.25) is 0 Å². The highest BCUT2D eigenvalue weighted by Crippen LogP contribution is 2.32. The Kier molecular flexibility index (Phi) is 4.04. The maximum Gasteiger partial charge on any atom is 0.249 e. The molecule has 1 aromatic carbocycles. The Balaban J connectivity index is 1.35. The molecule has 3 aromatic heterocycles. The summed E-state index contributed by atoms with van der Waals surface area (Å²) in [6.07, 6.45) is 3.34. The number of carbonyl (C=O) groups is 1. The molecule has 9 heteroatoms. The van der Waals surface area contributed by atoms with E-state index in [-0.39, 0.29) is 18.5 Å². The predicted octanol–water partition coefficient (Wildman–Crippen LogP) is 2.24. The monoisotopic (exact) mass is 375 g/mol. The molecule has 1 saturated heterocycles. The number of benzene rings is 1. The summed E-state index contributed by atoms with van der Waals surface area (Å²) in [5.74, 6) is 0.792. The highest BCUT2D eigenvalue weighted by Gasteiger charge is 2.34.